The highest BCUT2D eigenvalue weighted by atomic mass is 16.5. The van der Waals surface area contributed by atoms with E-state index in [1.165, 1.54) is 51.7 Å². The van der Waals surface area contributed by atoms with Crippen LogP contribution in [0.1, 0.15) is 39.0 Å². The third-order valence-electron chi connectivity index (χ3n) is 6.52. The molecule has 1 atom stereocenters. The van der Waals surface area contributed by atoms with Gasteiger partial charge in [0.1, 0.15) is 18.5 Å². The molecule has 0 saturated carbocycles. The molecule has 5 heteroatoms. The fraction of sp³-hybridized carbons (Fsp3) is 0.538. The number of likely N-dealkylation sites (tertiary alicyclic amines) is 1. The summed E-state index contributed by atoms with van der Waals surface area (Å²) in [7, 11) is 0. The third-order valence-corrected chi connectivity index (χ3v) is 6.52. The second kappa shape index (κ2) is 11.0. The lowest BCUT2D eigenvalue weighted by atomic mass is 9.96. The molecular formula is C26H37N3O2. The minimum Gasteiger partial charge on any atom is -0.490 e. The van der Waals surface area contributed by atoms with Gasteiger partial charge in [0, 0.05) is 22.8 Å². The zero-order chi connectivity index (χ0) is 21.5. The number of hydrogen-bond acceptors (Lipinski definition) is 4. The minimum absolute atomic E-state index is 0.293. The zero-order valence-corrected chi connectivity index (χ0v) is 18.8. The fourth-order valence-electron chi connectivity index (χ4n) is 4.69. The number of nitrogens with zero attached hydrogens (tertiary/aromatic N) is 1. The van der Waals surface area contributed by atoms with Crippen molar-refractivity contribution in [1.82, 2.24) is 15.2 Å². The van der Waals surface area contributed by atoms with Crippen LogP contribution in [0, 0.1) is 5.92 Å². The molecule has 1 fully saturated rings. The van der Waals surface area contributed by atoms with Gasteiger partial charge in [-0.2, -0.15) is 0 Å². The first-order chi connectivity index (χ1) is 15.2. The third kappa shape index (κ3) is 5.79. The maximum Gasteiger partial charge on any atom is 0.129 e. The zero-order valence-electron chi connectivity index (χ0n) is 18.8. The van der Waals surface area contributed by atoms with Crippen LogP contribution in [0.15, 0.2) is 42.5 Å². The van der Waals surface area contributed by atoms with E-state index in [0.29, 0.717) is 13.2 Å². The number of aromatic nitrogens is 1. The lowest BCUT2D eigenvalue weighted by Crippen LogP contribution is -2.40. The summed E-state index contributed by atoms with van der Waals surface area (Å²) in [5.41, 5.74) is 2.17. The summed E-state index contributed by atoms with van der Waals surface area (Å²) in [5, 5.41) is 16.1. The van der Waals surface area contributed by atoms with Gasteiger partial charge < -0.3 is 25.0 Å². The Kier molecular flexibility index (Phi) is 7.84. The van der Waals surface area contributed by atoms with Gasteiger partial charge in [-0.25, -0.2) is 0 Å². The van der Waals surface area contributed by atoms with Crippen LogP contribution < -0.4 is 10.1 Å². The molecule has 0 amide bonds. The summed E-state index contributed by atoms with van der Waals surface area (Å²) in [5.74, 6) is 1.54. The Morgan fingerprint density at radius 3 is 2.74 bits per heavy atom. The number of fused-ring (bicyclic) bond motifs is 3. The van der Waals surface area contributed by atoms with Gasteiger partial charge in [-0.15, -0.1) is 0 Å². The highest BCUT2D eigenvalue weighted by molar-refractivity contribution is 6.10. The number of hydrogen-bond donors (Lipinski definition) is 3. The smallest absolute Gasteiger partial charge is 0.129 e. The number of aliphatic hydroxyl groups excluding tert-OH is 1. The molecule has 1 aliphatic heterocycles. The summed E-state index contributed by atoms with van der Waals surface area (Å²) in [6.45, 7) is 7.81. The number of rotatable bonds is 11. The monoisotopic (exact) mass is 423 g/mol. The fourth-order valence-corrected chi connectivity index (χ4v) is 4.69. The van der Waals surface area contributed by atoms with Crippen LogP contribution in [0.25, 0.3) is 21.8 Å². The van der Waals surface area contributed by atoms with Crippen molar-refractivity contribution in [3.63, 3.8) is 0 Å². The van der Waals surface area contributed by atoms with E-state index in [2.05, 4.69) is 40.3 Å². The van der Waals surface area contributed by atoms with Crippen LogP contribution in [0.5, 0.6) is 5.75 Å². The second-order valence-electron chi connectivity index (χ2n) is 8.96. The number of H-pyrrole nitrogens is 1. The summed E-state index contributed by atoms with van der Waals surface area (Å²) < 4.78 is 6.03. The van der Waals surface area contributed by atoms with Crippen LogP contribution in [0.3, 0.4) is 0 Å². The van der Waals surface area contributed by atoms with Crippen molar-refractivity contribution in [2.45, 2.75) is 45.1 Å². The van der Waals surface area contributed by atoms with Crippen molar-refractivity contribution < 1.29 is 9.84 Å². The first kappa shape index (κ1) is 22.1. The Morgan fingerprint density at radius 1 is 1.10 bits per heavy atom. The molecule has 31 heavy (non-hydrogen) atoms. The molecule has 0 aliphatic carbocycles. The van der Waals surface area contributed by atoms with E-state index in [1.807, 2.05) is 24.3 Å². The van der Waals surface area contributed by atoms with Gasteiger partial charge in [0.15, 0.2) is 0 Å². The molecular weight excluding hydrogens is 386 g/mol. The molecule has 0 bridgehead atoms. The predicted molar refractivity (Wildman–Crippen MR) is 129 cm³/mol. The van der Waals surface area contributed by atoms with E-state index >= 15 is 0 Å². The topological polar surface area (TPSA) is 60.5 Å². The van der Waals surface area contributed by atoms with Gasteiger partial charge in [0.25, 0.3) is 0 Å². The molecule has 0 unspecified atom stereocenters. The van der Waals surface area contributed by atoms with Crippen LogP contribution >= 0.6 is 0 Å². The molecule has 0 radical (unpaired) electrons. The largest absolute Gasteiger partial charge is 0.490 e. The van der Waals surface area contributed by atoms with Crippen molar-refractivity contribution in [1.29, 1.82) is 0 Å². The van der Waals surface area contributed by atoms with Crippen LogP contribution in [-0.4, -0.2) is 60.4 Å². The normalized spacial score (nSPS) is 16.8. The standard InChI is InChI=1S/C26H37N3O2/c1-2-3-6-14-29-15-12-20(13-16-29)17-27-18-21(30)19-31-25-11-7-10-24-26(25)22-8-4-5-9-23(22)28-24/h4-5,7-11,20-21,27-28,30H,2-3,6,12-19H2,1H3/t21-/m0/s1. The Morgan fingerprint density at radius 2 is 1.90 bits per heavy atom. The maximum atomic E-state index is 10.4. The first-order valence-corrected chi connectivity index (χ1v) is 12.0. The van der Waals surface area contributed by atoms with Gasteiger partial charge in [-0.05, 0) is 69.6 Å². The quantitative estimate of drug-likeness (QED) is 0.396. The Bertz CT molecular complexity index is 946. The van der Waals surface area contributed by atoms with Crippen LogP contribution in [0.2, 0.25) is 0 Å². The molecule has 0 spiro atoms. The number of piperidine rings is 1. The molecule has 1 saturated heterocycles. The lowest BCUT2D eigenvalue weighted by Gasteiger charge is -2.32. The molecule has 1 aliphatic rings. The highest BCUT2D eigenvalue weighted by Gasteiger charge is 2.19. The first-order valence-electron chi connectivity index (χ1n) is 12.0. The molecule has 168 valence electrons. The highest BCUT2D eigenvalue weighted by Crippen LogP contribution is 2.32. The Labute approximate surface area is 185 Å². The van der Waals surface area contributed by atoms with Crippen molar-refractivity contribution in [2.75, 3.05) is 39.3 Å². The summed E-state index contributed by atoms with van der Waals surface area (Å²) in [6, 6.07) is 14.3. The predicted octanol–water partition coefficient (Wildman–Crippen LogP) is 4.55. The van der Waals surface area contributed by atoms with E-state index in [0.717, 1.165) is 40.0 Å². The molecule has 5 nitrogen and oxygen atoms in total. The van der Waals surface area contributed by atoms with Crippen molar-refractivity contribution >= 4 is 21.8 Å². The van der Waals surface area contributed by atoms with Gasteiger partial charge in [0.2, 0.25) is 0 Å². The molecule has 4 rings (SSSR count). The SMILES string of the molecule is CCCCCN1CCC(CNC[C@H](O)COc2cccc3[nH]c4ccccc4c23)CC1. The van der Waals surface area contributed by atoms with E-state index in [4.69, 9.17) is 4.74 Å². The average molecular weight is 424 g/mol. The number of para-hydroxylation sites is 1. The molecule has 3 N–H and O–H groups in total. The number of nitrogens with one attached hydrogen (secondary N) is 2. The number of benzene rings is 2. The van der Waals surface area contributed by atoms with Crippen LogP contribution in [0.4, 0.5) is 0 Å². The van der Waals surface area contributed by atoms with Crippen molar-refractivity contribution in [3.8, 4) is 5.75 Å². The number of unbranched alkanes of at least 4 members (excludes halogenated alkanes) is 2. The molecule has 2 heterocycles. The van der Waals surface area contributed by atoms with Gasteiger partial charge in [-0.1, -0.05) is 44.0 Å². The van der Waals surface area contributed by atoms with E-state index in [-0.39, 0.29) is 0 Å². The molecule has 1 aromatic heterocycles. The second-order valence-corrected chi connectivity index (χ2v) is 8.96. The summed E-state index contributed by atoms with van der Waals surface area (Å²) >= 11 is 0. The number of ether oxygens (including phenoxy) is 1. The van der Waals surface area contributed by atoms with E-state index < -0.39 is 6.10 Å². The molecule has 3 aromatic rings. The Hall–Kier alpha value is -2.08. The lowest BCUT2D eigenvalue weighted by molar-refractivity contribution is 0.104. The van der Waals surface area contributed by atoms with Crippen molar-refractivity contribution in [2.24, 2.45) is 5.92 Å². The summed E-state index contributed by atoms with van der Waals surface area (Å²) in [4.78, 5) is 6.05. The summed E-state index contributed by atoms with van der Waals surface area (Å²) in [6.07, 6.45) is 5.97. The number of aliphatic hydroxyl groups is 1. The van der Waals surface area contributed by atoms with Gasteiger partial charge >= 0.3 is 0 Å². The number of aromatic amines is 1. The average Bonchev–Trinajstić information content (AvgIpc) is 3.18. The van der Waals surface area contributed by atoms with Gasteiger partial charge in [0.05, 0.1) is 5.52 Å². The van der Waals surface area contributed by atoms with Crippen LogP contribution in [-0.2, 0) is 0 Å². The van der Waals surface area contributed by atoms with Crippen molar-refractivity contribution in [3.05, 3.63) is 42.5 Å². The van der Waals surface area contributed by atoms with Gasteiger partial charge in [-0.3, -0.25) is 0 Å². The minimum atomic E-state index is -0.519. The van der Waals surface area contributed by atoms with E-state index in [9.17, 15) is 5.11 Å². The maximum absolute atomic E-state index is 10.4. The van der Waals surface area contributed by atoms with E-state index in [1.54, 1.807) is 0 Å². The molecule has 2 aromatic carbocycles. The Balaban J connectivity index is 1.20.